The summed E-state index contributed by atoms with van der Waals surface area (Å²) in [5.74, 6) is -0.140. The number of nitrogens with zero attached hydrogens (tertiary/aromatic N) is 5. The molecule has 0 radical (unpaired) electrons. The second-order valence-electron chi connectivity index (χ2n) is 4.09. The van der Waals surface area contributed by atoms with Crippen LogP contribution in [-0.4, -0.2) is 36.3 Å². The maximum absolute atomic E-state index is 10.9. The fourth-order valence-corrected chi connectivity index (χ4v) is 1.70. The molecule has 0 saturated heterocycles. The molecule has 20 heavy (non-hydrogen) atoms. The smallest absolute Gasteiger partial charge is 0.335 e. The first-order valence-electron chi connectivity index (χ1n) is 5.71. The van der Waals surface area contributed by atoms with Gasteiger partial charge in [-0.25, -0.2) is 4.79 Å². The highest BCUT2D eigenvalue weighted by atomic mass is 16.5. The van der Waals surface area contributed by atoms with Gasteiger partial charge in [-0.15, -0.1) is 14.8 Å². The van der Waals surface area contributed by atoms with E-state index in [2.05, 4.69) is 20.6 Å². The Morgan fingerprint density at radius 3 is 2.90 bits per heavy atom. The lowest BCUT2D eigenvalue weighted by Crippen LogP contribution is -2.00. The summed E-state index contributed by atoms with van der Waals surface area (Å²) in [5, 5.41) is 23.9. The zero-order valence-corrected chi connectivity index (χ0v) is 10.4. The number of aromatic nitrogens is 5. The van der Waals surface area contributed by atoms with Crippen LogP contribution in [0.3, 0.4) is 0 Å². The van der Waals surface area contributed by atoms with Crippen LogP contribution < -0.4 is 4.74 Å². The van der Waals surface area contributed by atoms with Gasteiger partial charge < -0.3 is 9.84 Å². The fourth-order valence-electron chi connectivity index (χ4n) is 1.70. The number of carboxylic acid groups (broad SMARTS) is 1. The van der Waals surface area contributed by atoms with Crippen LogP contribution in [0.2, 0.25) is 0 Å². The molecule has 3 rings (SSSR count). The number of carboxylic acids is 1. The molecular formula is C12H9N5O3. The van der Waals surface area contributed by atoms with Gasteiger partial charge in [0, 0.05) is 6.07 Å². The summed E-state index contributed by atoms with van der Waals surface area (Å²) < 4.78 is 6.85. The SMILES string of the molecule is Cc1cc(C(=O)O)ccc1Oc1ccc2nnnn2n1. The lowest BCUT2D eigenvalue weighted by Gasteiger charge is -2.08. The zero-order chi connectivity index (χ0) is 14.1. The molecule has 2 heterocycles. The van der Waals surface area contributed by atoms with Crippen molar-refractivity contribution < 1.29 is 14.6 Å². The Morgan fingerprint density at radius 1 is 1.30 bits per heavy atom. The molecule has 0 saturated carbocycles. The Morgan fingerprint density at radius 2 is 2.15 bits per heavy atom. The standard InChI is InChI=1S/C12H9N5O3/c1-7-6-8(12(18)19)2-3-9(7)20-11-5-4-10-13-15-16-17(10)14-11/h2-6H,1H3,(H,18,19). The van der Waals surface area contributed by atoms with E-state index >= 15 is 0 Å². The lowest BCUT2D eigenvalue weighted by atomic mass is 10.1. The summed E-state index contributed by atoms with van der Waals surface area (Å²) in [6, 6.07) is 7.90. The van der Waals surface area contributed by atoms with E-state index in [-0.39, 0.29) is 5.56 Å². The van der Waals surface area contributed by atoms with Crippen molar-refractivity contribution in [3.63, 3.8) is 0 Å². The lowest BCUT2D eigenvalue weighted by molar-refractivity contribution is 0.0697. The number of hydrogen-bond acceptors (Lipinski definition) is 6. The minimum atomic E-state index is -0.979. The molecule has 8 nitrogen and oxygen atoms in total. The minimum absolute atomic E-state index is 0.207. The summed E-state index contributed by atoms with van der Waals surface area (Å²) in [7, 11) is 0. The number of carbonyl (C=O) groups is 1. The number of rotatable bonds is 3. The summed E-state index contributed by atoms with van der Waals surface area (Å²) in [4.78, 5) is 10.9. The van der Waals surface area contributed by atoms with Crippen molar-refractivity contribution in [2.24, 2.45) is 0 Å². The molecule has 0 bridgehead atoms. The molecule has 0 spiro atoms. The van der Waals surface area contributed by atoms with E-state index in [4.69, 9.17) is 9.84 Å². The van der Waals surface area contributed by atoms with Crippen LogP contribution >= 0.6 is 0 Å². The van der Waals surface area contributed by atoms with Gasteiger partial charge in [0.05, 0.1) is 5.56 Å². The Kier molecular flexibility index (Phi) is 2.75. The van der Waals surface area contributed by atoms with E-state index in [1.807, 2.05) is 0 Å². The van der Waals surface area contributed by atoms with Gasteiger partial charge in [-0.05, 0) is 47.2 Å². The van der Waals surface area contributed by atoms with Crippen LogP contribution in [0, 0.1) is 6.92 Å². The van der Waals surface area contributed by atoms with Crippen LogP contribution in [0.5, 0.6) is 11.6 Å². The van der Waals surface area contributed by atoms with Crippen molar-refractivity contribution in [3.05, 3.63) is 41.5 Å². The number of tetrazole rings is 1. The third-order valence-corrected chi connectivity index (χ3v) is 2.68. The second kappa shape index (κ2) is 4.57. The van der Waals surface area contributed by atoms with E-state index < -0.39 is 5.97 Å². The number of aromatic carboxylic acids is 1. The third kappa shape index (κ3) is 2.14. The average Bonchev–Trinajstić information content (AvgIpc) is 2.88. The largest absolute Gasteiger partial charge is 0.478 e. The Labute approximate surface area is 112 Å². The topological polar surface area (TPSA) is 102 Å². The molecule has 0 fully saturated rings. The van der Waals surface area contributed by atoms with Crippen molar-refractivity contribution in [2.75, 3.05) is 0 Å². The number of fused-ring (bicyclic) bond motifs is 1. The van der Waals surface area contributed by atoms with Crippen LogP contribution in [0.1, 0.15) is 15.9 Å². The predicted molar refractivity (Wildman–Crippen MR) is 66.8 cm³/mol. The summed E-state index contributed by atoms with van der Waals surface area (Å²) >= 11 is 0. The molecule has 2 aromatic heterocycles. The molecule has 8 heteroatoms. The van der Waals surface area contributed by atoms with E-state index in [0.29, 0.717) is 22.8 Å². The number of ether oxygens (including phenoxy) is 1. The van der Waals surface area contributed by atoms with Crippen molar-refractivity contribution >= 4 is 11.6 Å². The van der Waals surface area contributed by atoms with Gasteiger partial charge in [0.25, 0.3) is 0 Å². The quantitative estimate of drug-likeness (QED) is 0.766. The van der Waals surface area contributed by atoms with Crippen LogP contribution in [0.4, 0.5) is 0 Å². The third-order valence-electron chi connectivity index (χ3n) is 2.68. The predicted octanol–water partition coefficient (Wildman–Crippen LogP) is 1.32. The molecule has 0 atom stereocenters. The Bertz CT molecular complexity index is 799. The highest BCUT2D eigenvalue weighted by Gasteiger charge is 2.08. The Hall–Kier alpha value is -3.03. The first-order chi connectivity index (χ1) is 9.63. The van der Waals surface area contributed by atoms with Gasteiger partial charge in [0.2, 0.25) is 5.88 Å². The second-order valence-corrected chi connectivity index (χ2v) is 4.09. The molecule has 100 valence electrons. The molecular weight excluding hydrogens is 262 g/mol. The van der Waals surface area contributed by atoms with Crippen LogP contribution in [0.25, 0.3) is 5.65 Å². The Balaban J connectivity index is 1.92. The molecule has 3 aromatic rings. The summed E-state index contributed by atoms with van der Waals surface area (Å²) in [6.45, 7) is 1.76. The fraction of sp³-hybridized carbons (Fsp3) is 0.0833. The summed E-state index contributed by atoms with van der Waals surface area (Å²) in [6.07, 6.45) is 0. The molecule has 0 aliphatic rings. The van der Waals surface area contributed by atoms with E-state index in [0.717, 1.165) is 0 Å². The molecule has 0 aliphatic carbocycles. The van der Waals surface area contributed by atoms with Gasteiger partial charge in [-0.2, -0.15) is 0 Å². The van der Waals surface area contributed by atoms with Crippen molar-refractivity contribution in [1.29, 1.82) is 0 Å². The highest BCUT2D eigenvalue weighted by Crippen LogP contribution is 2.24. The highest BCUT2D eigenvalue weighted by molar-refractivity contribution is 5.88. The first-order valence-corrected chi connectivity index (χ1v) is 5.71. The van der Waals surface area contributed by atoms with Crippen molar-refractivity contribution in [2.45, 2.75) is 6.92 Å². The first kappa shape index (κ1) is 12.0. The minimum Gasteiger partial charge on any atom is -0.478 e. The monoisotopic (exact) mass is 271 g/mol. The molecule has 0 amide bonds. The van der Waals surface area contributed by atoms with Gasteiger partial charge in [0.1, 0.15) is 5.75 Å². The van der Waals surface area contributed by atoms with E-state index in [1.54, 1.807) is 25.1 Å². The van der Waals surface area contributed by atoms with E-state index in [9.17, 15) is 4.79 Å². The summed E-state index contributed by atoms with van der Waals surface area (Å²) in [5.41, 5.74) is 1.41. The maximum Gasteiger partial charge on any atom is 0.335 e. The number of benzene rings is 1. The molecule has 0 aliphatic heterocycles. The van der Waals surface area contributed by atoms with Gasteiger partial charge in [-0.3, -0.25) is 0 Å². The van der Waals surface area contributed by atoms with Gasteiger partial charge in [-0.1, -0.05) is 0 Å². The molecule has 1 N–H and O–H groups in total. The maximum atomic E-state index is 10.9. The van der Waals surface area contributed by atoms with Crippen molar-refractivity contribution in [1.82, 2.24) is 25.3 Å². The van der Waals surface area contributed by atoms with Gasteiger partial charge in [0.15, 0.2) is 5.65 Å². The zero-order valence-electron chi connectivity index (χ0n) is 10.4. The van der Waals surface area contributed by atoms with Crippen molar-refractivity contribution in [3.8, 4) is 11.6 Å². The number of hydrogen-bond donors (Lipinski definition) is 1. The average molecular weight is 271 g/mol. The van der Waals surface area contributed by atoms with E-state index in [1.165, 1.54) is 16.8 Å². The normalized spacial score (nSPS) is 10.7. The number of aryl methyl sites for hydroxylation is 1. The van der Waals surface area contributed by atoms with Crippen LogP contribution in [-0.2, 0) is 0 Å². The van der Waals surface area contributed by atoms with Gasteiger partial charge >= 0.3 is 5.97 Å². The van der Waals surface area contributed by atoms with Crippen LogP contribution in [0.15, 0.2) is 30.3 Å². The molecule has 0 unspecified atom stereocenters. The molecule has 1 aromatic carbocycles.